The highest BCUT2D eigenvalue weighted by molar-refractivity contribution is 6.29. The molecule has 0 bridgehead atoms. The first-order valence-electron chi connectivity index (χ1n) is 3.46. The number of hydrogen-bond acceptors (Lipinski definition) is 1. The van der Waals surface area contributed by atoms with Gasteiger partial charge in [0.05, 0.1) is 0 Å². The van der Waals surface area contributed by atoms with Crippen LogP contribution in [0.1, 0.15) is 20.8 Å². The molecule has 0 unspecified atom stereocenters. The normalized spacial score (nSPS) is 11.6. The molecule has 0 fully saturated rings. The van der Waals surface area contributed by atoms with Gasteiger partial charge in [-0.2, -0.15) is 0 Å². The van der Waals surface area contributed by atoms with Crippen LogP contribution < -0.4 is 5.32 Å². The Balaban J connectivity index is 3.29. The van der Waals surface area contributed by atoms with Crippen LogP contribution in [-0.2, 0) is 0 Å². The summed E-state index contributed by atoms with van der Waals surface area (Å²) in [5, 5.41) is 3.86. The van der Waals surface area contributed by atoms with Crippen molar-refractivity contribution in [1.29, 1.82) is 0 Å². The molecule has 0 aromatic rings. The third kappa shape index (κ3) is 7.99. The minimum Gasteiger partial charge on any atom is -0.311 e. The lowest BCUT2D eigenvalue weighted by molar-refractivity contribution is 0.388. The maximum Gasteiger partial charge on any atom is 0.0307 e. The Morgan fingerprint density at radius 2 is 2.00 bits per heavy atom. The Morgan fingerprint density at radius 3 is 2.30 bits per heavy atom. The highest BCUT2D eigenvalue weighted by Crippen LogP contribution is 2.10. The fraction of sp³-hybridized carbons (Fsp3) is 0.750. The van der Waals surface area contributed by atoms with Crippen LogP contribution in [0.3, 0.4) is 0 Å². The van der Waals surface area contributed by atoms with Crippen LogP contribution in [0.2, 0.25) is 0 Å². The zero-order valence-corrected chi connectivity index (χ0v) is 7.76. The minimum atomic E-state index is 0.326. The van der Waals surface area contributed by atoms with Crippen molar-refractivity contribution in [2.75, 3.05) is 13.1 Å². The Morgan fingerprint density at radius 1 is 1.50 bits per heavy atom. The van der Waals surface area contributed by atoms with Crippen molar-refractivity contribution in [1.82, 2.24) is 5.32 Å². The van der Waals surface area contributed by atoms with Gasteiger partial charge in [-0.1, -0.05) is 39.0 Å². The Kier molecular flexibility index (Phi) is 3.99. The van der Waals surface area contributed by atoms with Gasteiger partial charge in [0.25, 0.3) is 0 Å². The Hall–Kier alpha value is -0.0100. The maximum absolute atomic E-state index is 5.55. The molecular formula is C8H16ClN. The molecule has 1 nitrogen and oxygen atoms in total. The molecule has 0 aliphatic rings. The van der Waals surface area contributed by atoms with Crippen molar-refractivity contribution in [3.8, 4) is 0 Å². The molecule has 1 N–H and O–H groups in total. The van der Waals surface area contributed by atoms with Gasteiger partial charge in [0, 0.05) is 18.1 Å². The van der Waals surface area contributed by atoms with E-state index in [9.17, 15) is 0 Å². The lowest BCUT2D eigenvalue weighted by atomic mass is 9.97. The van der Waals surface area contributed by atoms with Gasteiger partial charge in [0.1, 0.15) is 0 Å². The first kappa shape index (κ1) is 9.99. The summed E-state index contributed by atoms with van der Waals surface area (Å²) in [6, 6.07) is 0. The van der Waals surface area contributed by atoms with Crippen LogP contribution in [0.15, 0.2) is 11.6 Å². The molecule has 2 heteroatoms. The first-order chi connectivity index (χ1) is 4.42. The number of hydrogen-bond donors (Lipinski definition) is 1. The lowest BCUT2D eigenvalue weighted by Gasteiger charge is -2.18. The van der Waals surface area contributed by atoms with E-state index in [-0.39, 0.29) is 0 Å². The van der Waals surface area contributed by atoms with Crippen molar-refractivity contribution >= 4 is 11.6 Å². The average Bonchev–Trinajstić information content (AvgIpc) is 1.59. The van der Waals surface area contributed by atoms with Crippen molar-refractivity contribution < 1.29 is 0 Å². The number of nitrogens with one attached hydrogen (secondary N) is 1. The summed E-state index contributed by atoms with van der Waals surface area (Å²) in [5.41, 5.74) is 0.326. The van der Waals surface area contributed by atoms with E-state index in [4.69, 9.17) is 11.6 Å². The van der Waals surface area contributed by atoms with E-state index in [1.54, 1.807) is 0 Å². The van der Waals surface area contributed by atoms with Gasteiger partial charge in [0.15, 0.2) is 0 Å². The minimum absolute atomic E-state index is 0.326. The van der Waals surface area contributed by atoms with Crippen LogP contribution >= 0.6 is 11.6 Å². The van der Waals surface area contributed by atoms with E-state index in [0.717, 1.165) is 6.54 Å². The van der Waals surface area contributed by atoms with E-state index < -0.39 is 0 Å². The van der Waals surface area contributed by atoms with Crippen LogP contribution in [0.5, 0.6) is 0 Å². The molecule has 10 heavy (non-hydrogen) atoms. The second-order valence-corrected chi connectivity index (χ2v) is 4.22. The predicted molar refractivity (Wildman–Crippen MR) is 47.3 cm³/mol. The highest BCUT2D eigenvalue weighted by atomic mass is 35.5. The monoisotopic (exact) mass is 161 g/mol. The molecule has 0 aliphatic heterocycles. The van der Waals surface area contributed by atoms with Gasteiger partial charge in [-0.25, -0.2) is 0 Å². The van der Waals surface area contributed by atoms with Gasteiger partial charge in [0.2, 0.25) is 0 Å². The highest BCUT2D eigenvalue weighted by Gasteiger charge is 2.08. The van der Waals surface area contributed by atoms with Gasteiger partial charge in [-0.3, -0.25) is 0 Å². The smallest absolute Gasteiger partial charge is 0.0307 e. The molecule has 0 saturated carbocycles. The number of halogens is 1. The fourth-order valence-corrected chi connectivity index (χ4v) is 0.668. The molecule has 60 valence electrons. The number of rotatable bonds is 3. The molecule has 0 heterocycles. The van der Waals surface area contributed by atoms with Crippen LogP contribution in [0, 0.1) is 5.41 Å². The third-order valence-corrected chi connectivity index (χ3v) is 1.11. The molecule has 0 aromatic carbocycles. The van der Waals surface area contributed by atoms with Crippen molar-refractivity contribution in [3.63, 3.8) is 0 Å². The summed E-state index contributed by atoms with van der Waals surface area (Å²) in [7, 11) is 0. The Labute approximate surface area is 68.5 Å². The summed E-state index contributed by atoms with van der Waals surface area (Å²) in [6.07, 6.45) is 0. The van der Waals surface area contributed by atoms with Gasteiger partial charge in [-0.05, 0) is 5.41 Å². The zero-order chi connectivity index (χ0) is 8.20. The summed E-state index contributed by atoms with van der Waals surface area (Å²) >= 11 is 5.55. The molecule has 0 rings (SSSR count). The molecule has 0 atom stereocenters. The summed E-state index contributed by atoms with van der Waals surface area (Å²) in [4.78, 5) is 0. The van der Waals surface area contributed by atoms with Gasteiger partial charge >= 0.3 is 0 Å². The topological polar surface area (TPSA) is 12.0 Å². The standard InChI is InChI=1S/C8H16ClN/c1-7(9)5-10-6-8(2,3)4/h10H,1,5-6H2,2-4H3. The van der Waals surface area contributed by atoms with E-state index in [2.05, 4.69) is 32.7 Å². The van der Waals surface area contributed by atoms with E-state index in [1.165, 1.54) is 0 Å². The SMILES string of the molecule is C=C(Cl)CNCC(C)(C)C. The van der Waals surface area contributed by atoms with Crippen LogP contribution in [0.4, 0.5) is 0 Å². The van der Waals surface area contributed by atoms with E-state index >= 15 is 0 Å². The summed E-state index contributed by atoms with van der Waals surface area (Å²) in [5.74, 6) is 0. The fourth-order valence-electron chi connectivity index (χ4n) is 0.573. The molecule has 0 saturated heterocycles. The molecule has 0 radical (unpaired) electrons. The first-order valence-corrected chi connectivity index (χ1v) is 3.83. The summed E-state index contributed by atoms with van der Waals surface area (Å²) in [6.45, 7) is 11.8. The Bertz CT molecular complexity index is 113. The summed E-state index contributed by atoms with van der Waals surface area (Å²) < 4.78 is 0. The quantitative estimate of drug-likeness (QED) is 0.670. The second-order valence-electron chi connectivity index (χ2n) is 3.68. The van der Waals surface area contributed by atoms with E-state index in [1.807, 2.05) is 0 Å². The van der Waals surface area contributed by atoms with Crippen LogP contribution in [-0.4, -0.2) is 13.1 Å². The molecule has 0 spiro atoms. The van der Waals surface area contributed by atoms with Gasteiger partial charge in [-0.15, -0.1) is 0 Å². The maximum atomic E-state index is 5.55. The zero-order valence-electron chi connectivity index (χ0n) is 7.00. The lowest BCUT2D eigenvalue weighted by Crippen LogP contribution is -2.27. The van der Waals surface area contributed by atoms with Crippen molar-refractivity contribution in [2.45, 2.75) is 20.8 Å². The van der Waals surface area contributed by atoms with Crippen LogP contribution in [0.25, 0.3) is 0 Å². The largest absolute Gasteiger partial charge is 0.311 e. The molecular weight excluding hydrogens is 146 g/mol. The third-order valence-electron chi connectivity index (χ3n) is 0.972. The molecule has 0 aromatic heterocycles. The van der Waals surface area contributed by atoms with Crippen molar-refractivity contribution in [2.24, 2.45) is 5.41 Å². The molecule has 0 aliphatic carbocycles. The van der Waals surface area contributed by atoms with Gasteiger partial charge < -0.3 is 5.32 Å². The molecule has 0 amide bonds. The second kappa shape index (κ2) is 3.99. The predicted octanol–water partition coefficient (Wildman–Crippen LogP) is 2.37. The van der Waals surface area contributed by atoms with Crippen molar-refractivity contribution in [3.05, 3.63) is 11.6 Å². The van der Waals surface area contributed by atoms with E-state index in [0.29, 0.717) is 17.0 Å². The average molecular weight is 162 g/mol.